The molecule has 4 nitrogen and oxygen atoms in total. The van der Waals surface area contributed by atoms with E-state index in [4.69, 9.17) is 4.74 Å². The van der Waals surface area contributed by atoms with E-state index in [9.17, 15) is 4.79 Å². The van der Waals surface area contributed by atoms with Crippen molar-refractivity contribution in [3.63, 3.8) is 0 Å². The summed E-state index contributed by atoms with van der Waals surface area (Å²) in [6.45, 7) is 5.72. The van der Waals surface area contributed by atoms with Gasteiger partial charge in [0.25, 0.3) is 0 Å². The second-order valence-corrected chi connectivity index (χ2v) is 5.49. The number of nitrogens with one attached hydrogen (secondary N) is 1. The third-order valence-electron chi connectivity index (χ3n) is 3.97. The molecule has 0 spiro atoms. The zero-order valence-corrected chi connectivity index (χ0v) is 11.5. The molecule has 2 unspecified atom stereocenters. The van der Waals surface area contributed by atoms with E-state index in [0.717, 1.165) is 51.9 Å². The Morgan fingerprint density at radius 3 is 2.83 bits per heavy atom. The molecule has 2 atom stereocenters. The Hall–Kier alpha value is -0.610. The summed E-state index contributed by atoms with van der Waals surface area (Å²) < 4.78 is 5.59. The molecular weight excluding hydrogens is 228 g/mol. The van der Waals surface area contributed by atoms with Gasteiger partial charge < -0.3 is 15.0 Å². The van der Waals surface area contributed by atoms with E-state index in [-0.39, 0.29) is 11.9 Å². The summed E-state index contributed by atoms with van der Waals surface area (Å²) in [5.41, 5.74) is 0. The number of carbonyl (C=O) groups is 1. The fraction of sp³-hybridized carbons (Fsp3) is 0.929. The van der Waals surface area contributed by atoms with Gasteiger partial charge in [-0.05, 0) is 52.0 Å². The van der Waals surface area contributed by atoms with Crippen LogP contribution in [-0.4, -0.2) is 49.2 Å². The molecule has 0 aromatic heterocycles. The summed E-state index contributed by atoms with van der Waals surface area (Å²) in [6.07, 6.45) is 7.44. The highest BCUT2D eigenvalue weighted by Gasteiger charge is 2.22. The number of carbonyl (C=O) groups excluding carboxylic acids is 1. The molecule has 2 fully saturated rings. The average molecular weight is 254 g/mol. The highest BCUT2D eigenvalue weighted by atomic mass is 16.5. The first-order valence-electron chi connectivity index (χ1n) is 7.41. The van der Waals surface area contributed by atoms with Gasteiger partial charge in [-0.1, -0.05) is 0 Å². The molecule has 0 radical (unpaired) electrons. The van der Waals surface area contributed by atoms with Crippen LogP contribution in [0.25, 0.3) is 0 Å². The van der Waals surface area contributed by atoms with Gasteiger partial charge in [-0.3, -0.25) is 4.79 Å². The number of likely N-dealkylation sites (tertiary alicyclic amines) is 1. The van der Waals surface area contributed by atoms with Crippen molar-refractivity contribution in [1.82, 2.24) is 10.2 Å². The second-order valence-electron chi connectivity index (χ2n) is 5.49. The first kappa shape index (κ1) is 13.8. The van der Waals surface area contributed by atoms with Crippen molar-refractivity contribution in [3.05, 3.63) is 0 Å². The van der Waals surface area contributed by atoms with Crippen molar-refractivity contribution >= 4 is 5.91 Å². The predicted molar refractivity (Wildman–Crippen MR) is 71.5 cm³/mol. The molecular formula is C14H26N2O2. The number of ether oxygens (including phenoxy) is 1. The molecule has 1 amide bonds. The molecule has 2 rings (SSSR count). The lowest BCUT2D eigenvalue weighted by molar-refractivity contribution is -0.131. The van der Waals surface area contributed by atoms with Gasteiger partial charge in [0.15, 0.2) is 0 Å². The van der Waals surface area contributed by atoms with Crippen molar-refractivity contribution in [2.45, 2.75) is 57.6 Å². The zero-order valence-electron chi connectivity index (χ0n) is 11.5. The summed E-state index contributed by atoms with van der Waals surface area (Å²) >= 11 is 0. The summed E-state index contributed by atoms with van der Waals surface area (Å²) in [7, 11) is 0. The normalized spacial score (nSPS) is 25.6. The zero-order chi connectivity index (χ0) is 12.8. The van der Waals surface area contributed by atoms with E-state index < -0.39 is 0 Å². The minimum atomic E-state index is -0.0346. The van der Waals surface area contributed by atoms with Gasteiger partial charge in [0, 0.05) is 19.7 Å². The van der Waals surface area contributed by atoms with Gasteiger partial charge in [-0.15, -0.1) is 0 Å². The largest absolute Gasteiger partial charge is 0.378 e. The van der Waals surface area contributed by atoms with Crippen LogP contribution >= 0.6 is 0 Å². The maximum Gasteiger partial charge on any atom is 0.239 e. The summed E-state index contributed by atoms with van der Waals surface area (Å²) in [5.74, 6) is 0.268. The Balaban J connectivity index is 1.56. The highest BCUT2D eigenvalue weighted by Crippen LogP contribution is 2.16. The Morgan fingerprint density at radius 2 is 2.17 bits per heavy atom. The third kappa shape index (κ3) is 3.95. The smallest absolute Gasteiger partial charge is 0.239 e. The number of rotatable bonds is 6. The van der Waals surface area contributed by atoms with E-state index in [1.54, 1.807) is 0 Å². The number of amides is 1. The minimum Gasteiger partial charge on any atom is -0.378 e. The minimum absolute atomic E-state index is 0.0346. The van der Waals surface area contributed by atoms with E-state index in [2.05, 4.69) is 5.32 Å². The molecule has 18 heavy (non-hydrogen) atoms. The van der Waals surface area contributed by atoms with Crippen LogP contribution in [0, 0.1) is 0 Å². The van der Waals surface area contributed by atoms with Gasteiger partial charge in [-0.2, -0.15) is 0 Å². The molecule has 2 aliphatic rings. The molecule has 0 aliphatic carbocycles. The first-order chi connectivity index (χ1) is 8.77. The molecule has 2 aliphatic heterocycles. The SMILES string of the molecule is CC(NCCCC1CCCO1)C(=O)N1CCCC1. The topological polar surface area (TPSA) is 41.6 Å². The Kier molecular flexibility index (Phi) is 5.45. The first-order valence-corrected chi connectivity index (χ1v) is 7.41. The van der Waals surface area contributed by atoms with Crippen LogP contribution in [0.3, 0.4) is 0 Å². The van der Waals surface area contributed by atoms with Crippen molar-refractivity contribution in [3.8, 4) is 0 Å². The van der Waals surface area contributed by atoms with Crippen LogP contribution < -0.4 is 5.32 Å². The number of nitrogens with zero attached hydrogens (tertiary/aromatic N) is 1. The second kappa shape index (κ2) is 7.10. The maximum atomic E-state index is 12.0. The monoisotopic (exact) mass is 254 g/mol. The molecule has 2 saturated heterocycles. The summed E-state index contributed by atoms with van der Waals surface area (Å²) in [6, 6.07) is -0.0346. The lowest BCUT2D eigenvalue weighted by Crippen LogP contribution is -2.44. The molecule has 2 heterocycles. The third-order valence-corrected chi connectivity index (χ3v) is 3.97. The lowest BCUT2D eigenvalue weighted by atomic mass is 10.1. The quantitative estimate of drug-likeness (QED) is 0.731. The highest BCUT2D eigenvalue weighted by molar-refractivity contribution is 5.81. The van der Waals surface area contributed by atoms with Crippen LogP contribution in [0.4, 0.5) is 0 Å². The fourth-order valence-corrected chi connectivity index (χ4v) is 2.82. The standard InChI is InChI=1S/C14H26N2O2/c1-12(14(17)16-9-2-3-10-16)15-8-4-6-13-7-5-11-18-13/h12-13,15H,2-11H2,1H3. The van der Waals surface area contributed by atoms with Crippen LogP contribution in [0.1, 0.15) is 45.4 Å². The molecule has 1 N–H and O–H groups in total. The van der Waals surface area contributed by atoms with E-state index in [1.807, 2.05) is 11.8 Å². The average Bonchev–Trinajstić information content (AvgIpc) is 3.05. The molecule has 0 bridgehead atoms. The van der Waals surface area contributed by atoms with Crippen molar-refractivity contribution in [1.29, 1.82) is 0 Å². The molecule has 0 aromatic rings. The molecule has 4 heteroatoms. The summed E-state index contributed by atoms with van der Waals surface area (Å²) in [5, 5.41) is 3.34. The van der Waals surface area contributed by atoms with E-state index >= 15 is 0 Å². The van der Waals surface area contributed by atoms with Crippen molar-refractivity contribution < 1.29 is 9.53 Å². The fourth-order valence-electron chi connectivity index (χ4n) is 2.82. The van der Waals surface area contributed by atoms with E-state index in [1.165, 1.54) is 12.8 Å². The van der Waals surface area contributed by atoms with Gasteiger partial charge in [0.2, 0.25) is 5.91 Å². The molecule has 0 aromatic carbocycles. The molecule has 104 valence electrons. The van der Waals surface area contributed by atoms with Gasteiger partial charge in [-0.25, -0.2) is 0 Å². The maximum absolute atomic E-state index is 12.0. The number of hydrogen-bond donors (Lipinski definition) is 1. The van der Waals surface area contributed by atoms with Crippen LogP contribution in [-0.2, 0) is 9.53 Å². The molecule has 0 saturated carbocycles. The van der Waals surface area contributed by atoms with Crippen LogP contribution in [0.15, 0.2) is 0 Å². The van der Waals surface area contributed by atoms with Crippen LogP contribution in [0.2, 0.25) is 0 Å². The Bertz CT molecular complexity index is 259. The number of hydrogen-bond acceptors (Lipinski definition) is 3. The summed E-state index contributed by atoms with van der Waals surface area (Å²) in [4.78, 5) is 14.0. The van der Waals surface area contributed by atoms with Crippen molar-refractivity contribution in [2.75, 3.05) is 26.2 Å². The Morgan fingerprint density at radius 1 is 1.39 bits per heavy atom. The van der Waals surface area contributed by atoms with Gasteiger partial charge >= 0.3 is 0 Å². The van der Waals surface area contributed by atoms with Crippen LogP contribution in [0.5, 0.6) is 0 Å². The predicted octanol–water partition coefficient (Wildman–Crippen LogP) is 1.55. The Labute approximate surface area is 110 Å². The van der Waals surface area contributed by atoms with Gasteiger partial charge in [0.05, 0.1) is 12.1 Å². The van der Waals surface area contributed by atoms with E-state index in [0.29, 0.717) is 6.10 Å². The lowest BCUT2D eigenvalue weighted by Gasteiger charge is -2.21. The van der Waals surface area contributed by atoms with Crippen molar-refractivity contribution in [2.24, 2.45) is 0 Å². The van der Waals surface area contributed by atoms with Gasteiger partial charge in [0.1, 0.15) is 0 Å².